The lowest BCUT2D eigenvalue weighted by molar-refractivity contribution is 0.0741. The third-order valence-corrected chi connectivity index (χ3v) is 7.51. The first-order valence-electron chi connectivity index (χ1n) is 12.9. The molecule has 0 N–H and O–H groups in total. The standard InChI is InChI=1S/C31H28ClN5O2/c1-21-29(23-8-4-3-5-9-23)30-33-26(20-28(37(30)34-21)22-12-14-24(39-2)15-13-22)31(38)36-18-16-35(17-19-36)27-11-7-6-10-25(27)32/h3-15,20H,16-19H2,1-2H3. The van der Waals surface area contributed by atoms with Crippen LogP contribution < -0.4 is 9.64 Å². The van der Waals surface area contributed by atoms with E-state index in [2.05, 4.69) is 4.90 Å². The maximum absolute atomic E-state index is 13.9. The van der Waals surface area contributed by atoms with E-state index in [0.29, 0.717) is 37.5 Å². The second-order valence-electron chi connectivity index (χ2n) is 9.55. The number of nitrogens with zero attached hydrogens (tertiary/aromatic N) is 5. The second kappa shape index (κ2) is 10.4. The van der Waals surface area contributed by atoms with Crippen LogP contribution >= 0.6 is 11.6 Å². The molecule has 8 heteroatoms. The van der Waals surface area contributed by atoms with E-state index in [1.807, 2.05) is 101 Å². The van der Waals surface area contributed by atoms with Crippen LogP contribution in [-0.2, 0) is 0 Å². The number of hydrogen-bond donors (Lipinski definition) is 0. The summed E-state index contributed by atoms with van der Waals surface area (Å²) >= 11 is 6.42. The number of fused-ring (bicyclic) bond motifs is 1. The van der Waals surface area contributed by atoms with Crippen LogP contribution in [0.3, 0.4) is 0 Å². The SMILES string of the molecule is COc1ccc(-c2cc(C(=O)N3CCN(c4ccccc4Cl)CC3)nc3c(-c4ccccc4)c(C)nn23)cc1. The lowest BCUT2D eigenvalue weighted by Crippen LogP contribution is -2.49. The molecule has 6 rings (SSSR count). The van der Waals surface area contributed by atoms with Gasteiger partial charge in [0.25, 0.3) is 5.91 Å². The number of hydrogen-bond acceptors (Lipinski definition) is 5. The molecule has 0 bridgehead atoms. The highest BCUT2D eigenvalue weighted by Gasteiger charge is 2.26. The van der Waals surface area contributed by atoms with Crippen LogP contribution in [0.5, 0.6) is 5.75 Å². The average molecular weight is 538 g/mol. The maximum Gasteiger partial charge on any atom is 0.272 e. The number of ether oxygens (including phenoxy) is 1. The number of anilines is 1. The van der Waals surface area contributed by atoms with E-state index in [1.54, 1.807) is 7.11 Å². The quantitative estimate of drug-likeness (QED) is 0.275. The highest BCUT2D eigenvalue weighted by molar-refractivity contribution is 6.33. The number of carbonyl (C=O) groups excluding carboxylic acids is 1. The van der Waals surface area contributed by atoms with Gasteiger partial charge >= 0.3 is 0 Å². The molecule has 7 nitrogen and oxygen atoms in total. The lowest BCUT2D eigenvalue weighted by Gasteiger charge is -2.36. The molecule has 1 amide bonds. The third-order valence-electron chi connectivity index (χ3n) is 7.19. The third kappa shape index (κ3) is 4.70. The Balaban J connectivity index is 1.40. The van der Waals surface area contributed by atoms with Gasteiger partial charge in [0.2, 0.25) is 0 Å². The monoisotopic (exact) mass is 537 g/mol. The number of aromatic nitrogens is 3. The highest BCUT2D eigenvalue weighted by Crippen LogP contribution is 2.32. The van der Waals surface area contributed by atoms with Crippen LogP contribution in [0.1, 0.15) is 16.2 Å². The number of methoxy groups -OCH3 is 1. The molecule has 1 saturated heterocycles. The summed E-state index contributed by atoms with van der Waals surface area (Å²) in [7, 11) is 1.64. The van der Waals surface area contributed by atoms with Gasteiger partial charge in [-0.3, -0.25) is 4.79 Å². The van der Waals surface area contributed by atoms with Crippen molar-refractivity contribution >= 4 is 28.8 Å². The molecule has 3 aromatic carbocycles. The molecule has 0 saturated carbocycles. The van der Waals surface area contributed by atoms with Crippen molar-refractivity contribution in [2.75, 3.05) is 38.2 Å². The Labute approximate surface area is 232 Å². The number of piperazine rings is 1. The average Bonchev–Trinajstić information content (AvgIpc) is 3.32. The number of aryl methyl sites for hydroxylation is 1. The molecule has 1 fully saturated rings. The molecule has 0 atom stereocenters. The summed E-state index contributed by atoms with van der Waals surface area (Å²) in [4.78, 5) is 22.9. The summed E-state index contributed by atoms with van der Waals surface area (Å²) in [6.07, 6.45) is 0. The fourth-order valence-corrected chi connectivity index (χ4v) is 5.42. The minimum atomic E-state index is -0.0936. The van der Waals surface area contributed by atoms with Crippen LogP contribution in [-0.4, -0.2) is 58.7 Å². The van der Waals surface area contributed by atoms with Gasteiger partial charge < -0.3 is 14.5 Å². The van der Waals surface area contributed by atoms with E-state index < -0.39 is 0 Å². The van der Waals surface area contributed by atoms with Gasteiger partial charge in [-0.25, -0.2) is 9.50 Å². The van der Waals surface area contributed by atoms with Crippen molar-refractivity contribution in [3.05, 3.63) is 101 Å². The van der Waals surface area contributed by atoms with E-state index in [1.165, 1.54) is 0 Å². The van der Waals surface area contributed by atoms with Gasteiger partial charge in [0, 0.05) is 37.3 Å². The Morgan fingerprint density at radius 1 is 0.872 bits per heavy atom. The zero-order valence-electron chi connectivity index (χ0n) is 21.8. The first-order chi connectivity index (χ1) is 19.0. The number of para-hydroxylation sites is 1. The van der Waals surface area contributed by atoms with Crippen LogP contribution in [0.15, 0.2) is 84.9 Å². The molecule has 0 aliphatic carbocycles. The summed E-state index contributed by atoms with van der Waals surface area (Å²) in [6.45, 7) is 4.54. The van der Waals surface area contributed by atoms with E-state index in [0.717, 1.165) is 44.5 Å². The number of benzene rings is 3. The van der Waals surface area contributed by atoms with Gasteiger partial charge in [-0.05, 0) is 55.0 Å². The highest BCUT2D eigenvalue weighted by atomic mass is 35.5. The van der Waals surface area contributed by atoms with Crippen LogP contribution in [0.2, 0.25) is 5.02 Å². The molecule has 0 spiro atoms. The van der Waals surface area contributed by atoms with E-state index >= 15 is 0 Å². The fourth-order valence-electron chi connectivity index (χ4n) is 5.16. The summed E-state index contributed by atoms with van der Waals surface area (Å²) in [5.74, 6) is 0.669. The predicted octanol–water partition coefficient (Wildman–Crippen LogP) is 6.00. The Kier molecular flexibility index (Phi) is 6.67. The number of rotatable bonds is 5. The number of halogens is 1. The summed E-state index contributed by atoms with van der Waals surface area (Å²) in [5, 5.41) is 5.57. The minimum Gasteiger partial charge on any atom is -0.497 e. The normalized spacial score (nSPS) is 13.6. The molecule has 0 radical (unpaired) electrons. The van der Waals surface area contributed by atoms with Crippen molar-refractivity contribution in [2.24, 2.45) is 0 Å². The van der Waals surface area contributed by atoms with Gasteiger partial charge in [0.05, 0.1) is 29.2 Å². The van der Waals surface area contributed by atoms with Crippen molar-refractivity contribution in [3.8, 4) is 28.1 Å². The van der Waals surface area contributed by atoms with Gasteiger partial charge in [-0.1, -0.05) is 54.1 Å². The lowest BCUT2D eigenvalue weighted by atomic mass is 10.1. The van der Waals surface area contributed by atoms with Crippen molar-refractivity contribution in [1.29, 1.82) is 0 Å². The van der Waals surface area contributed by atoms with Gasteiger partial charge in [0.1, 0.15) is 11.4 Å². The zero-order chi connectivity index (χ0) is 26.9. The smallest absolute Gasteiger partial charge is 0.272 e. The van der Waals surface area contributed by atoms with Crippen molar-refractivity contribution < 1.29 is 9.53 Å². The largest absolute Gasteiger partial charge is 0.497 e. The van der Waals surface area contributed by atoms with E-state index in [-0.39, 0.29) is 5.91 Å². The van der Waals surface area contributed by atoms with Crippen molar-refractivity contribution in [2.45, 2.75) is 6.92 Å². The van der Waals surface area contributed by atoms with E-state index in [9.17, 15) is 4.79 Å². The molecule has 0 unspecified atom stereocenters. The second-order valence-corrected chi connectivity index (χ2v) is 9.95. The van der Waals surface area contributed by atoms with Crippen LogP contribution in [0.4, 0.5) is 5.69 Å². The Morgan fingerprint density at radius 2 is 1.56 bits per heavy atom. The van der Waals surface area contributed by atoms with Crippen molar-refractivity contribution in [1.82, 2.24) is 19.5 Å². The fraction of sp³-hybridized carbons (Fsp3) is 0.194. The zero-order valence-corrected chi connectivity index (χ0v) is 22.6. The van der Waals surface area contributed by atoms with Gasteiger partial charge in [-0.15, -0.1) is 0 Å². The molecule has 5 aromatic rings. The first-order valence-corrected chi connectivity index (χ1v) is 13.3. The molecular weight excluding hydrogens is 510 g/mol. The first kappa shape index (κ1) is 24.9. The van der Waals surface area contributed by atoms with Crippen LogP contribution in [0, 0.1) is 6.92 Å². The van der Waals surface area contributed by atoms with Crippen LogP contribution in [0.25, 0.3) is 28.0 Å². The number of amides is 1. The predicted molar refractivity (Wildman–Crippen MR) is 155 cm³/mol. The Hall–Kier alpha value is -4.36. The summed E-state index contributed by atoms with van der Waals surface area (Å²) in [5.41, 5.74) is 6.55. The molecular formula is C31H28ClN5O2. The van der Waals surface area contributed by atoms with Gasteiger partial charge in [-0.2, -0.15) is 5.10 Å². The molecule has 2 aromatic heterocycles. The maximum atomic E-state index is 13.9. The molecule has 39 heavy (non-hydrogen) atoms. The number of carbonyl (C=O) groups is 1. The van der Waals surface area contributed by atoms with Crippen molar-refractivity contribution in [3.63, 3.8) is 0 Å². The van der Waals surface area contributed by atoms with E-state index in [4.69, 9.17) is 26.4 Å². The topological polar surface area (TPSA) is 63.0 Å². The Bertz CT molecular complexity index is 1640. The molecule has 3 heterocycles. The molecule has 1 aliphatic heterocycles. The summed E-state index contributed by atoms with van der Waals surface area (Å²) < 4.78 is 7.19. The van der Waals surface area contributed by atoms with Gasteiger partial charge in [0.15, 0.2) is 5.65 Å². The molecule has 196 valence electrons. The summed E-state index contributed by atoms with van der Waals surface area (Å²) in [6, 6.07) is 27.5. The Morgan fingerprint density at radius 3 is 2.26 bits per heavy atom. The molecule has 1 aliphatic rings. The minimum absolute atomic E-state index is 0.0936.